The Morgan fingerprint density at radius 3 is 2.96 bits per heavy atom. The van der Waals surface area contributed by atoms with Gasteiger partial charge in [0.1, 0.15) is 0 Å². The van der Waals surface area contributed by atoms with Crippen molar-refractivity contribution in [3.05, 3.63) is 51.7 Å². The third-order valence-electron chi connectivity index (χ3n) is 4.29. The smallest absolute Gasteiger partial charge is 0.252 e. The van der Waals surface area contributed by atoms with Crippen LogP contribution in [0, 0.1) is 6.92 Å². The van der Waals surface area contributed by atoms with Crippen molar-refractivity contribution in [1.82, 2.24) is 5.32 Å². The van der Waals surface area contributed by atoms with Crippen molar-refractivity contribution >= 4 is 28.8 Å². The van der Waals surface area contributed by atoms with Gasteiger partial charge in [0.2, 0.25) is 5.91 Å². The van der Waals surface area contributed by atoms with Crippen LogP contribution in [-0.4, -0.2) is 24.9 Å². The average molecular weight is 342 g/mol. The van der Waals surface area contributed by atoms with E-state index in [1.165, 1.54) is 22.5 Å². The van der Waals surface area contributed by atoms with Gasteiger partial charge in [-0.25, -0.2) is 0 Å². The predicted octanol–water partition coefficient (Wildman–Crippen LogP) is 3.55. The molecule has 0 aliphatic carbocycles. The molecule has 4 nitrogen and oxygen atoms in total. The summed E-state index contributed by atoms with van der Waals surface area (Å²) in [4.78, 5) is 26.3. The number of nitrogens with one attached hydrogen (secondary N) is 1. The van der Waals surface area contributed by atoms with Crippen molar-refractivity contribution in [2.24, 2.45) is 0 Å². The maximum Gasteiger partial charge on any atom is 0.252 e. The maximum absolute atomic E-state index is 12.5. The van der Waals surface area contributed by atoms with Gasteiger partial charge in [-0.2, -0.15) is 11.3 Å². The normalized spacial score (nSPS) is 13.5. The van der Waals surface area contributed by atoms with Gasteiger partial charge in [-0.05, 0) is 49.3 Å². The molecule has 24 heavy (non-hydrogen) atoms. The summed E-state index contributed by atoms with van der Waals surface area (Å²) in [7, 11) is 0. The zero-order chi connectivity index (χ0) is 16.9. The lowest BCUT2D eigenvalue weighted by Crippen LogP contribution is -2.36. The van der Waals surface area contributed by atoms with Crippen molar-refractivity contribution in [2.75, 3.05) is 18.0 Å². The molecule has 0 radical (unpaired) electrons. The van der Waals surface area contributed by atoms with Crippen LogP contribution in [0.25, 0.3) is 0 Å². The topological polar surface area (TPSA) is 49.4 Å². The standard InChI is InChI=1S/C19H22N2O2S/c1-14-6-7-17-15(12-14)4-3-10-21(17)18(22)5-2-9-20-19(23)16-8-11-24-13-16/h6-8,11-13H,2-5,9-10H2,1H3,(H,20,23). The van der Waals surface area contributed by atoms with Crippen LogP contribution in [0.3, 0.4) is 0 Å². The summed E-state index contributed by atoms with van der Waals surface area (Å²) in [6.07, 6.45) is 3.16. The first-order chi connectivity index (χ1) is 11.6. The van der Waals surface area contributed by atoms with Crippen molar-refractivity contribution in [2.45, 2.75) is 32.6 Å². The highest BCUT2D eigenvalue weighted by Gasteiger charge is 2.22. The van der Waals surface area contributed by atoms with Crippen molar-refractivity contribution < 1.29 is 9.59 Å². The Kier molecular flexibility index (Phi) is 5.30. The number of amides is 2. The molecular weight excluding hydrogens is 320 g/mol. The van der Waals surface area contributed by atoms with Crippen LogP contribution in [0.15, 0.2) is 35.0 Å². The molecular formula is C19H22N2O2S. The molecule has 126 valence electrons. The molecule has 1 aliphatic rings. The molecule has 5 heteroatoms. The van der Waals surface area contributed by atoms with Gasteiger partial charge < -0.3 is 10.2 Å². The lowest BCUT2D eigenvalue weighted by atomic mass is 9.99. The second kappa shape index (κ2) is 7.62. The zero-order valence-corrected chi connectivity index (χ0v) is 14.7. The van der Waals surface area contributed by atoms with Crippen LogP contribution in [-0.2, 0) is 11.2 Å². The first-order valence-electron chi connectivity index (χ1n) is 8.35. The lowest BCUT2D eigenvalue weighted by molar-refractivity contribution is -0.118. The van der Waals surface area contributed by atoms with Gasteiger partial charge in [-0.15, -0.1) is 0 Å². The van der Waals surface area contributed by atoms with Gasteiger partial charge in [-0.3, -0.25) is 9.59 Å². The zero-order valence-electron chi connectivity index (χ0n) is 13.9. The van der Waals surface area contributed by atoms with E-state index in [2.05, 4.69) is 30.4 Å². The number of thiophene rings is 1. The van der Waals surface area contributed by atoms with E-state index in [9.17, 15) is 9.59 Å². The second-order valence-corrected chi connectivity index (χ2v) is 6.93. The van der Waals surface area contributed by atoms with E-state index in [1.807, 2.05) is 15.7 Å². The molecule has 0 fully saturated rings. The highest BCUT2D eigenvalue weighted by Crippen LogP contribution is 2.28. The summed E-state index contributed by atoms with van der Waals surface area (Å²) in [5, 5.41) is 6.58. The lowest BCUT2D eigenvalue weighted by Gasteiger charge is -2.30. The minimum atomic E-state index is -0.0671. The van der Waals surface area contributed by atoms with Crippen LogP contribution >= 0.6 is 11.3 Å². The molecule has 3 rings (SSSR count). The largest absolute Gasteiger partial charge is 0.352 e. The van der Waals surface area contributed by atoms with Crippen LogP contribution < -0.4 is 10.2 Å². The number of carbonyl (C=O) groups excluding carboxylic acids is 2. The SMILES string of the molecule is Cc1ccc2c(c1)CCCN2C(=O)CCCNC(=O)c1ccsc1. The van der Waals surface area contributed by atoms with E-state index in [1.54, 1.807) is 6.07 Å². The Hall–Kier alpha value is -2.14. The molecule has 2 amide bonds. The van der Waals surface area contributed by atoms with Gasteiger partial charge in [0, 0.05) is 36.1 Å². The van der Waals surface area contributed by atoms with Crippen LogP contribution in [0.2, 0.25) is 0 Å². The fourth-order valence-electron chi connectivity index (χ4n) is 3.06. The molecule has 1 aromatic carbocycles. The molecule has 1 aromatic heterocycles. The maximum atomic E-state index is 12.5. The minimum absolute atomic E-state index is 0.0671. The number of rotatable bonds is 5. The van der Waals surface area contributed by atoms with Gasteiger partial charge in [0.15, 0.2) is 0 Å². The van der Waals surface area contributed by atoms with Gasteiger partial charge in [-0.1, -0.05) is 17.7 Å². The summed E-state index contributed by atoms with van der Waals surface area (Å²) in [5.41, 5.74) is 4.24. The molecule has 0 atom stereocenters. The first kappa shape index (κ1) is 16.7. The number of benzene rings is 1. The van der Waals surface area contributed by atoms with Crippen molar-refractivity contribution in [1.29, 1.82) is 0 Å². The van der Waals surface area contributed by atoms with Crippen molar-refractivity contribution in [3.63, 3.8) is 0 Å². The summed E-state index contributed by atoms with van der Waals surface area (Å²) in [6.45, 7) is 3.39. The molecule has 2 heterocycles. The van der Waals surface area contributed by atoms with Crippen molar-refractivity contribution in [3.8, 4) is 0 Å². The predicted molar refractivity (Wildman–Crippen MR) is 97.7 cm³/mol. The van der Waals surface area contributed by atoms with Gasteiger partial charge >= 0.3 is 0 Å². The molecule has 0 unspecified atom stereocenters. The number of carbonyl (C=O) groups is 2. The molecule has 0 saturated heterocycles. The summed E-state index contributed by atoms with van der Waals surface area (Å²) in [5.74, 6) is 0.0760. The van der Waals surface area contributed by atoms with E-state index in [0.29, 0.717) is 24.9 Å². The molecule has 0 bridgehead atoms. The van der Waals surface area contributed by atoms with E-state index in [0.717, 1.165) is 25.1 Å². The van der Waals surface area contributed by atoms with E-state index in [-0.39, 0.29) is 11.8 Å². The Morgan fingerprint density at radius 1 is 1.29 bits per heavy atom. The number of aryl methyl sites for hydroxylation is 2. The van der Waals surface area contributed by atoms with E-state index in [4.69, 9.17) is 0 Å². The van der Waals surface area contributed by atoms with Crippen LogP contribution in [0.1, 0.15) is 40.7 Å². The number of anilines is 1. The summed E-state index contributed by atoms with van der Waals surface area (Å²) in [6, 6.07) is 8.10. The number of hydrogen-bond acceptors (Lipinski definition) is 3. The first-order valence-corrected chi connectivity index (χ1v) is 9.30. The second-order valence-electron chi connectivity index (χ2n) is 6.15. The van der Waals surface area contributed by atoms with Crippen LogP contribution in [0.4, 0.5) is 5.69 Å². The fraction of sp³-hybridized carbons (Fsp3) is 0.368. The highest BCUT2D eigenvalue weighted by atomic mass is 32.1. The Balaban J connectivity index is 1.50. The Morgan fingerprint density at radius 2 is 2.17 bits per heavy atom. The fourth-order valence-corrected chi connectivity index (χ4v) is 3.69. The van der Waals surface area contributed by atoms with E-state index >= 15 is 0 Å². The Labute approximate surface area is 146 Å². The third-order valence-corrected chi connectivity index (χ3v) is 4.97. The molecule has 0 saturated carbocycles. The molecule has 1 N–H and O–H groups in total. The third kappa shape index (κ3) is 3.85. The molecule has 0 spiro atoms. The summed E-state index contributed by atoms with van der Waals surface area (Å²) < 4.78 is 0. The van der Waals surface area contributed by atoms with Gasteiger partial charge in [0.05, 0.1) is 0 Å². The molecule has 1 aliphatic heterocycles. The van der Waals surface area contributed by atoms with Crippen LogP contribution in [0.5, 0.6) is 0 Å². The van der Waals surface area contributed by atoms with Gasteiger partial charge in [0.25, 0.3) is 5.91 Å². The highest BCUT2D eigenvalue weighted by molar-refractivity contribution is 7.08. The Bertz CT molecular complexity index is 725. The number of hydrogen-bond donors (Lipinski definition) is 1. The minimum Gasteiger partial charge on any atom is -0.352 e. The monoisotopic (exact) mass is 342 g/mol. The number of fused-ring (bicyclic) bond motifs is 1. The number of nitrogens with zero attached hydrogens (tertiary/aromatic N) is 1. The van der Waals surface area contributed by atoms with E-state index < -0.39 is 0 Å². The quantitative estimate of drug-likeness (QED) is 0.845. The average Bonchev–Trinajstić information content (AvgIpc) is 3.12. The molecule has 2 aromatic rings. The summed E-state index contributed by atoms with van der Waals surface area (Å²) >= 11 is 1.50.